The van der Waals surface area contributed by atoms with Crippen LogP contribution in [0.5, 0.6) is 0 Å². The Morgan fingerprint density at radius 1 is 1.21 bits per heavy atom. The van der Waals surface area contributed by atoms with Crippen molar-refractivity contribution < 1.29 is 9.13 Å². The molecule has 1 fully saturated rings. The zero-order valence-electron chi connectivity index (χ0n) is 18.8. The Kier molecular flexibility index (Phi) is 5.82. The van der Waals surface area contributed by atoms with E-state index >= 15 is 0 Å². The van der Waals surface area contributed by atoms with Crippen molar-refractivity contribution in [1.82, 2.24) is 14.8 Å². The van der Waals surface area contributed by atoms with Crippen LogP contribution in [-0.4, -0.2) is 26.5 Å². The average Bonchev–Trinajstić information content (AvgIpc) is 3.32. The number of aryl methyl sites for hydroxylation is 1. The van der Waals surface area contributed by atoms with E-state index in [0.29, 0.717) is 6.42 Å². The number of aromatic nitrogens is 3. The van der Waals surface area contributed by atoms with Crippen LogP contribution in [0.25, 0.3) is 11.8 Å². The Labute approximate surface area is 193 Å². The van der Waals surface area contributed by atoms with E-state index in [1.165, 1.54) is 17.2 Å². The van der Waals surface area contributed by atoms with E-state index in [-0.39, 0.29) is 17.3 Å². The van der Waals surface area contributed by atoms with E-state index in [4.69, 9.17) is 4.74 Å². The van der Waals surface area contributed by atoms with Crippen LogP contribution >= 0.6 is 0 Å². The number of epoxide rings is 1. The van der Waals surface area contributed by atoms with Gasteiger partial charge in [0.05, 0.1) is 41.0 Å². The highest BCUT2D eigenvalue weighted by molar-refractivity contribution is 5.58. The van der Waals surface area contributed by atoms with E-state index < -0.39 is 5.82 Å². The molecule has 2 atom stereocenters. The minimum absolute atomic E-state index is 0.0343. The molecule has 1 aliphatic carbocycles. The number of hydrogen-bond donors (Lipinski definition) is 0. The normalized spacial score (nSPS) is 21.2. The van der Waals surface area contributed by atoms with Crippen molar-refractivity contribution in [2.24, 2.45) is 0 Å². The molecule has 3 aromatic rings. The highest BCUT2D eigenvalue weighted by atomic mass is 19.1. The number of nitrogens with zero attached hydrogens (tertiary/aromatic N) is 4. The summed E-state index contributed by atoms with van der Waals surface area (Å²) in [5.74, 6) is -0.454. The zero-order valence-corrected chi connectivity index (χ0v) is 18.8. The van der Waals surface area contributed by atoms with Gasteiger partial charge >= 0.3 is 0 Å². The molecule has 0 amide bonds. The topological polar surface area (TPSA) is 67.0 Å². The van der Waals surface area contributed by atoms with Crippen LogP contribution < -0.4 is 0 Å². The highest BCUT2D eigenvalue weighted by Crippen LogP contribution is 2.47. The lowest BCUT2D eigenvalue weighted by molar-refractivity contribution is 0.264. The van der Waals surface area contributed by atoms with Crippen molar-refractivity contribution in [3.8, 4) is 11.8 Å². The van der Waals surface area contributed by atoms with Gasteiger partial charge < -0.3 is 4.74 Å². The number of ether oxygens (including phenoxy) is 1. The molecule has 0 spiro atoms. The molecule has 0 radical (unpaired) electrons. The van der Waals surface area contributed by atoms with Crippen LogP contribution in [0.2, 0.25) is 0 Å². The summed E-state index contributed by atoms with van der Waals surface area (Å²) in [6, 6.07) is 10.8. The summed E-state index contributed by atoms with van der Waals surface area (Å²) >= 11 is 0. The Balaban J connectivity index is 1.30. The Morgan fingerprint density at radius 2 is 2.12 bits per heavy atom. The second kappa shape index (κ2) is 8.92. The number of hydrogen-bond acceptors (Lipinski definition) is 4. The highest BCUT2D eigenvalue weighted by Gasteiger charge is 2.54. The summed E-state index contributed by atoms with van der Waals surface area (Å²) in [6.45, 7) is 2.17. The lowest BCUT2D eigenvalue weighted by atomic mass is 9.86. The molecule has 1 aliphatic heterocycles. The van der Waals surface area contributed by atoms with Crippen LogP contribution in [0, 0.1) is 17.1 Å². The summed E-state index contributed by atoms with van der Waals surface area (Å²) in [5.41, 5.74) is 5.47. The SMILES string of the molecule is CCC[C@]1(CCC2=Cc3c(cnn3-c3cccnc3)CC2)OC1Cc1cccc(F)c1C#N. The minimum Gasteiger partial charge on any atom is -0.366 e. The summed E-state index contributed by atoms with van der Waals surface area (Å²) in [5, 5.41) is 13.9. The van der Waals surface area contributed by atoms with Crippen LogP contribution in [0.15, 0.2) is 54.5 Å². The average molecular weight is 443 g/mol. The minimum atomic E-state index is -0.454. The third kappa shape index (κ3) is 4.21. The number of pyridine rings is 1. The summed E-state index contributed by atoms with van der Waals surface area (Å²) in [7, 11) is 0. The molecule has 3 heterocycles. The fourth-order valence-corrected chi connectivity index (χ4v) is 5.08. The lowest BCUT2D eigenvalue weighted by Gasteiger charge is -2.18. The van der Waals surface area contributed by atoms with Gasteiger partial charge in [0, 0.05) is 12.6 Å². The largest absolute Gasteiger partial charge is 0.366 e. The fraction of sp³-hybridized carbons (Fsp3) is 0.370. The van der Waals surface area contributed by atoms with E-state index in [9.17, 15) is 9.65 Å². The molecule has 6 heteroatoms. The van der Waals surface area contributed by atoms with E-state index in [1.807, 2.05) is 41.3 Å². The van der Waals surface area contributed by atoms with E-state index in [0.717, 1.165) is 55.5 Å². The van der Waals surface area contributed by atoms with Gasteiger partial charge in [0.15, 0.2) is 0 Å². The smallest absolute Gasteiger partial charge is 0.141 e. The number of allylic oxidation sites excluding steroid dienone is 1. The number of fused-ring (bicyclic) bond motifs is 1. The number of benzene rings is 1. The molecule has 33 heavy (non-hydrogen) atoms. The van der Waals surface area contributed by atoms with E-state index in [2.05, 4.69) is 23.1 Å². The number of halogens is 1. The van der Waals surface area contributed by atoms with Gasteiger partial charge in [0.1, 0.15) is 11.9 Å². The Bertz CT molecular complexity index is 1230. The van der Waals surface area contributed by atoms with Crippen molar-refractivity contribution in [2.75, 3.05) is 0 Å². The van der Waals surface area contributed by atoms with Crippen LogP contribution in [0.1, 0.15) is 61.4 Å². The zero-order chi connectivity index (χ0) is 22.8. The van der Waals surface area contributed by atoms with Gasteiger partial charge in [-0.3, -0.25) is 4.98 Å². The molecule has 0 bridgehead atoms. The monoisotopic (exact) mass is 442 g/mol. The van der Waals surface area contributed by atoms with Crippen molar-refractivity contribution in [3.05, 3.63) is 82.7 Å². The van der Waals surface area contributed by atoms with Gasteiger partial charge in [-0.2, -0.15) is 10.4 Å². The second-order valence-electron chi connectivity index (χ2n) is 8.99. The Hall–Kier alpha value is -3.30. The van der Waals surface area contributed by atoms with Gasteiger partial charge in [0.2, 0.25) is 0 Å². The summed E-state index contributed by atoms with van der Waals surface area (Å²) in [6.07, 6.45) is 14.4. The molecule has 2 aromatic heterocycles. The maximum absolute atomic E-state index is 14.0. The first-order valence-corrected chi connectivity index (χ1v) is 11.7. The molecule has 168 valence electrons. The van der Waals surface area contributed by atoms with Crippen LogP contribution in [0.4, 0.5) is 4.39 Å². The maximum atomic E-state index is 14.0. The van der Waals surface area contributed by atoms with Crippen molar-refractivity contribution in [2.45, 2.75) is 63.6 Å². The molecular weight excluding hydrogens is 415 g/mol. The van der Waals surface area contributed by atoms with Gasteiger partial charge in [-0.1, -0.05) is 31.1 Å². The third-order valence-electron chi connectivity index (χ3n) is 6.90. The van der Waals surface area contributed by atoms with Crippen molar-refractivity contribution in [3.63, 3.8) is 0 Å². The molecule has 5 nitrogen and oxygen atoms in total. The van der Waals surface area contributed by atoms with Crippen LogP contribution in [-0.2, 0) is 17.6 Å². The molecular formula is C27H27FN4O. The first-order valence-electron chi connectivity index (χ1n) is 11.7. The van der Waals surface area contributed by atoms with Crippen molar-refractivity contribution in [1.29, 1.82) is 5.26 Å². The first-order chi connectivity index (χ1) is 16.1. The maximum Gasteiger partial charge on any atom is 0.141 e. The van der Waals surface area contributed by atoms with Crippen LogP contribution in [0.3, 0.4) is 0 Å². The number of rotatable bonds is 8. The van der Waals surface area contributed by atoms with Gasteiger partial charge in [-0.25, -0.2) is 9.07 Å². The standard InChI is InChI=1S/C27H27FN4O/c1-2-11-27(26(33-27)15-20-5-3-7-24(28)23(20)16-29)12-10-19-8-9-21-17-31-32(25(21)14-19)22-6-4-13-30-18-22/h3-7,13-14,17-18,26H,2,8-12,15H2,1H3/t26?,27-/m1/s1. The fourth-order valence-electron chi connectivity index (χ4n) is 5.08. The number of nitriles is 1. The molecule has 1 saturated heterocycles. The summed E-state index contributed by atoms with van der Waals surface area (Å²) < 4.78 is 22.2. The van der Waals surface area contributed by atoms with Gasteiger partial charge in [-0.05, 0) is 67.5 Å². The summed E-state index contributed by atoms with van der Waals surface area (Å²) in [4.78, 5) is 4.22. The molecule has 0 N–H and O–H groups in total. The third-order valence-corrected chi connectivity index (χ3v) is 6.90. The molecule has 5 rings (SSSR count). The predicted molar refractivity (Wildman–Crippen MR) is 124 cm³/mol. The molecule has 2 aliphatic rings. The second-order valence-corrected chi connectivity index (χ2v) is 8.99. The molecule has 0 saturated carbocycles. The van der Waals surface area contributed by atoms with Gasteiger partial charge in [-0.15, -0.1) is 0 Å². The molecule has 1 aromatic carbocycles. The quantitative estimate of drug-likeness (QED) is 0.428. The lowest BCUT2D eigenvalue weighted by Crippen LogP contribution is -2.18. The van der Waals surface area contributed by atoms with Gasteiger partial charge in [0.25, 0.3) is 0 Å². The Morgan fingerprint density at radius 3 is 2.91 bits per heavy atom. The van der Waals surface area contributed by atoms with Crippen molar-refractivity contribution >= 4 is 6.08 Å². The molecule has 1 unspecified atom stereocenters. The van der Waals surface area contributed by atoms with E-state index in [1.54, 1.807) is 12.3 Å². The predicted octanol–water partition coefficient (Wildman–Crippen LogP) is 5.57. The first kappa shape index (κ1) is 21.5.